The molecule has 2 amide bonds. The Morgan fingerprint density at radius 1 is 1.10 bits per heavy atom. The van der Waals surface area contributed by atoms with Gasteiger partial charge in [-0.05, 0) is 73.7 Å². The van der Waals surface area contributed by atoms with Crippen molar-refractivity contribution in [3.8, 4) is 11.1 Å². The zero-order valence-electron chi connectivity index (χ0n) is 22.7. The van der Waals surface area contributed by atoms with Crippen LogP contribution in [0.3, 0.4) is 0 Å². The normalized spacial score (nSPS) is 14.0. The number of rotatable bonds is 9. The van der Waals surface area contributed by atoms with Crippen molar-refractivity contribution in [3.63, 3.8) is 0 Å². The van der Waals surface area contributed by atoms with Crippen molar-refractivity contribution >= 4 is 11.8 Å². The van der Waals surface area contributed by atoms with Gasteiger partial charge in [0.05, 0.1) is 12.6 Å². The lowest BCUT2D eigenvalue weighted by Gasteiger charge is -2.27. The number of aryl methyl sites for hydroxylation is 3. The molecule has 2 aromatic carbocycles. The van der Waals surface area contributed by atoms with E-state index in [1.54, 1.807) is 25.3 Å². The molecule has 0 spiro atoms. The molecule has 4 rings (SSSR count). The lowest BCUT2D eigenvalue weighted by molar-refractivity contribution is -0.120. The van der Waals surface area contributed by atoms with E-state index in [2.05, 4.69) is 16.0 Å². The highest BCUT2D eigenvalue weighted by Gasteiger charge is 2.23. The molecule has 206 valence electrons. The number of amides is 2. The van der Waals surface area contributed by atoms with Crippen molar-refractivity contribution in [2.75, 3.05) is 19.6 Å². The Labute approximate surface area is 226 Å². The standard InChI is InChI=1S/C30H34F2N4O3/c1-5-25(23-11-21(12-24(31)28(23)32)27-18(3)9-17(2)10-19(27)4)35-26(37)15-34-29(38)22-7-6-8-36(30(22)39)16-20-13-33-14-20/h6-12,20,25,33H,5,13-16H2,1-4H3,(H,34,38)(H,35,37). The third kappa shape index (κ3) is 6.25. The van der Waals surface area contributed by atoms with Crippen molar-refractivity contribution in [3.05, 3.63) is 92.4 Å². The van der Waals surface area contributed by atoms with Gasteiger partial charge in [-0.3, -0.25) is 14.4 Å². The summed E-state index contributed by atoms with van der Waals surface area (Å²) < 4.78 is 31.2. The van der Waals surface area contributed by atoms with E-state index < -0.39 is 41.6 Å². The van der Waals surface area contributed by atoms with E-state index in [-0.39, 0.29) is 11.1 Å². The van der Waals surface area contributed by atoms with E-state index in [0.29, 0.717) is 24.4 Å². The van der Waals surface area contributed by atoms with Gasteiger partial charge in [0.25, 0.3) is 11.5 Å². The molecular weight excluding hydrogens is 502 g/mol. The SMILES string of the molecule is CCC(NC(=O)CNC(=O)c1cccn(CC2CNC2)c1=O)c1cc(-c2c(C)cc(C)cc2C)cc(F)c1F. The van der Waals surface area contributed by atoms with Crippen LogP contribution < -0.4 is 21.5 Å². The van der Waals surface area contributed by atoms with Gasteiger partial charge < -0.3 is 20.5 Å². The average Bonchev–Trinajstić information content (AvgIpc) is 2.85. The highest BCUT2D eigenvalue weighted by molar-refractivity contribution is 5.96. The molecule has 0 radical (unpaired) electrons. The van der Waals surface area contributed by atoms with Gasteiger partial charge in [-0.2, -0.15) is 0 Å². The molecule has 1 unspecified atom stereocenters. The van der Waals surface area contributed by atoms with Gasteiger partial charge in [-0.25, -0.2) is 8.78 Å². The second kappa shape index (κ2) is 11.9. The fourth-order valence-corrected chi connectivity index (χ4v) is 5.15. The Hall–Kier alpha value is -3.85. The van der Waals surface area contributed by atoms with Gasteiger partial charge in [0.15, 0.2) is 11.6 Å². The number of pyridine rings is 1. The maximum absolute atomic E-state index is 15.0. The Balaban J connectivity index is 1.48. The molecule has 1 atom stereocenters. The molecule has 1 aliphatic heterocycles. The Morgan fingerprint density at radius 3 is 2.41 bits per heavy atom. The number of nitrogens with zero attached hydrogens (tertiary/aromatic N) is 1. The van der Waals surface area contributed by atoms with E-state index in [0.717, 1.165) is 35.3 Å². The molecule has 0 bridgehead atoms. The molecule has 0 saturated carbocycles. The molecule has 2 heterocycles. The number of benzene rings is 2. The lowest BCUT2D eigenvalue weighted by Crippen LogP contribution is -2.46. The highest BCUT2D eigenvalue weighted by atomic mass is 19.2. The number of nitrogens with one attached hydrogen (secondary N) is 3. The monoisotopic (exact) mass is 536 g/mol. The van der Waals surface area contributed by atoms with E-state index in [1.165, 1.54) is 16.7 Å². The first-order chi connectivity index (χ1) is 18.6. The van der Waals surface area contributed by atoms with Gasteiger partial charge in [-0.1, -0.05) is 24.6 Å². The third-order valence-electron chi connectivity index (χ3n) is 7.14. The van der Waals surface area contributed by atoms with Crippen LogP contribution in [-0.4, -0.2) is 36.0 Å². The van der Waals surface area contributed by atoms with Gasteiger partial charge in [0, 0.05) is 37.3 Å². The fraction of sp³-hybridized carbons (Fsp3) is 0.367. The molecule has 1 aliphatic rings. The molecular formula is C30H34F2N4O3. The third-order valence-corrected chi connectivity index (χ3v) is 7.14. The second-order valence-electron chi connectivity index (χ2n) is 10.2. The van der Waals surface area contributed by atoms with Crippen LogP contribution in [0.1, 0.15) is 52.0 Å². The number of hydrogen-bond acceptors (Lipinski definition) is 4. The smallest absolute Gasteiger partial charge is 0.263 e. The maximum Gasteiger partial charge on any atom is 0.263 e. The van der Waals surface area contributed by atoms with Crippen LogP contribution >= 0.6 is 0 Å². The molecule has 3 aromatic rings. The summed E-state index contributed by atoms with van der Waals surface area (Å²) in [7, 11) is 0. The summed E-state index contributed by atoms with van der Waals surface area (Å²) in [5, 5.41) is 8.30. The zero-order valence-corrected chi connectivity index (χ0v) is 22.7. The number of carbonyl (C=O) groups excluding carboxylic acids is 2. The molecule has 1 aromatic heterocycles. The maximum atomic E-state index is 15.0. The quantitative estimate of drug-likeness (QED) is 0.387. The molecule has 1 fully saturated rings. The summed E-state index contributed by atoms with van der Waals surface area (Å²) in [6.07, 6.45) is 1.93. The molecule has 3 N–H and O–H groups in total. The number of aromatic nitrogens is 1. The highest BCUT2D eigenvalue weighted by Crippen LogP contribution is 2.33. The minimum Gasteiger partial charge on any atom is -0.348 e. The van der Waals surface area contributed by atoms with E-state index in [9.17, 15) is 23.2 Å². The molecule has 9 heteroatoms. The lowest BCUT2D eigenvalue weighted by atomic mass is 9.91. The molecule has 39 heavy (non-hydrogen) atoms. The Kier molecular flexibility index (Phi) is 8.60. The number of carbonyl (C=O) groups is 2. The summed E-state index contributed by atoms with van der Waals surface area (Å²) in [6.45, 7) is 9.29. The second-order valence-corrected chi connectivity index (χ2v) is 10.2. The summed E-state index contributed by atoms with van der Waals surface area (Å²) in [4.78, 5) is 38.1. The van der Waals surface area contributed by atoms with Gasteiger partial charge in [0.2, 0.25) is 5.91 Å². The fourth-order valence-electron chi connectivity index (χ4n) is 5.15. The van der Waals surface area contributed by atoms with Crippen LogP contribution in [0, 0.1) is 38.3 Å². The molecule has 0 aliphatic carbocycles. The first-order valence-corrected chi connectivity index (χ1v) is 13.1. The zero-order chi connectivity index (χ0) is 28.3. The average molecular weight is 537 g/mol. The first kappa shape index (κ1) is 28.2. The van der Waals surface area contributed by atoms with Crippen molar-refractivity contribution < 1.29 is 18.4 Å². The van der Waals surface area contributed by atoms with Crippen LogP contribution in [0.4, 0.5) is 8.78 Å². The van der Waals surface area contributed by atoms with E-state index in [1.807, 2.05) is 32.9 Å². The van der Waals surface area contributed by atoms with Crippen LogP contribution in [0.15, 0.2) is 47.4 Å². The minimum atomic E-state index is -1.02. The van der Waals surface area contributed by atoms with Gasteiger partial charge in [0.1, 0.15) is 5.56 Å². The largest absolute Gasteiger partial charge is 0.348 e. The van der Waals surface area contributed by atoms with Crippen LogP contribution in [0.5, 0.6) is 0 Å². The first-order valence-electron chi connectivity index (χ1n) is 13.1. The predicted molar refractivity (Wildman–Crippen MR) is 147 cm³/mol. The van der Waals surface area contributed by atoms with Crippen molar-refractivity contribution in [1.82, 2.24) is 20.5 Å². The topological polar surface area (TPSA) is 92.2 Å². The van der Waals surface area contributed by atoms with Crippen molar-refractivity contribution in [2.45, 2.75) is 46.7 Å². The number of hydrogen-bond donors (Lipinski definition) is 3. The Bertz CT molecular complexity index is 1440. The van der Waals surface area contributed by atoms with Crippen LogP contribution in [0.2, 0.25) is 0 Å². The van der Waals surface area contributed by atoms with E-state index >= 15 is 0 Å². The summed E-state index contributed by atoms with van der Waals surface area (Å²) >= 11 is 0. The Morgan fingerprint density at radius 2 is 1.79 bits per heavy atom. The predicted octanol–water partition coefficient (Wildman–Crippen LogP) is 3.94. The van der Waals surface area contributed by atoms with Gasteiger partial charge >= 0.3 is 0 Å². The van der Waals surface area contributed by atoms with Crippen LogP contribution in [-0.2, 0) is 11.3 Å². The van der Waals surface area contributed by atoms with Gasteiger partial charge in [-0.15, -0.1) is 0 Å². The van der Waals surface area contributed by atoms with Crippen LogP contribution in [0.25, 0.3) is 11.1 Å². The molecule has 7 nitrogen and oxygen atoms in total. The minimum absolute atomic E-state index is 0.0305. The van der Waals surface area contributed by atoms with Crippen molar-refractivity contribution in [1.29, 1.82) is 0 Å². The van der Waals surface area contributed by atoms with E-state index in [4.69, 9.17) is 0 Å². The summed E-state index contributed by atoms with van der Waals surface area (Å²) in [6, 6.07) is 8.93. The molecule has 1 saturated heterocycles. The summed E-state index contributed by atoms with van der Waals surface area (Å²) in [5.74, 6) is -2.95. The summed E-state index contributed by atoms with van der Waals surface area (Å²) in [5.41, 5.74) is 3.83. The van der Waals surface area contributed by atoms with Crippen molar-refractivity contribution in [2.24, 2.45) is 5.92 Å². The number of halogens is 2.